The summed E-state index contributed by atoms with van der Waals surface area (Å²) in [6, 6.07) is 0.426. The van der Waals surface area contributed by atoms with Gasteiger partial charge in [-0.25, -0.2) is 0 Å². The highest BCUT2D eigenvalue weighted by molar-refractivity contribution is 5.77. The second kappa shape index (κ2) is 5.73. The van der Waals surface area contributed by atoms with E-state index in [0.717, 1.165) is 11.8 Å². The Morgan fingerprint density at radius 1 is 1.33 bits per heavy atom. The molecular formula is C15H25N5O. The van der Waals surface area contributed by atoms with Crippen LogP contribution in [-0.4, -0.2) is 32.2 Å². The minimum absolute atomic E-state index is 0.00794. The van der Waals surface area contributed by atoms with Gasteiger partial charge in [-0.05, 0) is 63.0 Å². The average Bonchev–Trinajstić information content (AvgIpc) is 3.13. The van der Waals surface area contributed by atoms with E-state index in [2.05, 4.69) is 27.7 Å². The molecule has 1 aromatic heterocycles. The van der Waals surface area contributed by atoms with Gasteiger partial charge in [0, 0.05) is 6.04 Å². The van der Waals surface area contributed by atoms with Gasteiger partial charge in [0.15, 0.2) is 5.82 Å². The van der Waals surface area contributed by atoms with Crippen LogP contribution in [0.4, 0.5) is 0 Å². The zero-order valence-electron chi connectivity index (χ0n) is 13.1. The zero-order chi connectivity index (χ0) is 15.0. The molecule has 1 heterocycles. The highest BCUT2D eigenvalue weighted by Crippen LogP contribution is 2.49. The van der Waals surface area contributed by atoms with Crippen molar-refractivity contribution in [3.63, 3.8) is 0 Å². The number of tetrazole rings is 1. The van der Waals surface area contributed by atoms with Gasteiger partial charge in [-0.3, -0.25) is 4.79 Å². The molecule has 0 spiro atoms. The first-order valence-corrected chi connectivity index (χ1v) is 8.10. The van der Waals surface area contributed by atoms with Crippen molar-refractivity contribution in [3.05, 3.63) is 5.82 Å². The van der Waals surface area contributed by atoms with E-state index in [4.69, 9.17) is 0 Å². The molecule has 0 aromatic carbocycles. The Morgan fingerprint density at radius 2 is 2.14 bits per heavy atom. The van der Waals surface area contributed by atoms with Gasteiger partial charge in [0.05, 0.1) is 12.5 Å². The minimum Gasteiger partial charge on any atom is -0.353 e. The maximum absolute atomic E-state index is 12.1. The van der Waals surface area contributed by atoms with Gasteiger partial charge in [0.1, 0.15) is 0 Å². The standard InChI is InChI=1S/C15H25N5O/c1-9(2)20-18-14(17-19-20)8-15(21)16-10(3)13-7-11-4-5-12(13)6-11/h9-13H,4-8H2,1-3H3,(H,16,21)/t10-,11+,12+,13+/m1/s1. The number of nitrogens with zero attached hydrogens (tertiary/aromatic N) is 4. The number of nitrogens with one attached hydrogen (secondary N) is 1. The first-order valence-electron chi connectivity index (χ1n) is 8.10. The predicted octanol–water partition coefficient (Wildman–Crippen LogP) is 1.74. The summed E-state index contributed by atoms with van der Waals surface area (Å²) in [6.45, 7) is 6.12. The van der Waals surface area contributed by atoms with Crippen molar-refractivity contribution in [2.75, 3.05) is 0 Å². The normalized spacial score (nSPS) is 29.0. The fraction of sp³-hybridized carbons (Fsp3) is 0.867. The molecule has 21 heavy (non-hydrogen) atoms. The minimum atomic E-state index is 0.00794. The van der Waals surface area contributed by atoms with Crippen molar-refractivity contribution in [1.29, 1.82) is 0 Å². The summed E-state index contributed by atoms with van der Waals surface area (Å²) in [5.74, 6) is 2.90. The number of aromatic nitrogens is 4. The molecule has 0 aliphatic heterocycles. The van der Waals surface area contributed by atoms with Gasteiger partial charge < -0.3 is 5.32 Å². The number of carbonyl (C=O) groups excluding carboxylic acids is 1. The Balaban J connectivity index is 1.51. The van der Waals surface area contributed by atoms with Crippen LogP contribution in [0.2, 0.25) is 0 Å². The number of amides is 1. The fourth-order valence-electron chi connectivity index (χ4n) is 4.01. The molecule has 6 nitrogen and oxygen atoms in total. The third kappa shape index (κ3) is 3.09. The quantitative estimate of drug-likeness (QED) is 0.897. The van der Waals surface area contributed by atoms with Crippen LogP contribution in [0.1, 0.15) is 58.3 Å². The first-order chi connectivity index (χ1) is 10.0. The van der Waals surface area contributed by atoms with Crippen LogP contribution in [0.3, 0.4) is 0 Å². The molecule has 1 aromatic rings. The lowest BCUT2D eigenvalue weighted by Crippen LogP contribution is -2.40. The molecule has 2 fully saturated rings. The topological polar surface area (TPSA) is 72.7 Å². The molecule has 6 heteroatoms. The Morgan fingerprint density at radius 3 is 2.71 bits per heavy atom. The molecule has 1 amide bonds. The van der Waals surface area contributed by atoms with Crippen molar-refractivity contribution in [3.8, 4) is 0 Å². The van der Waals surface area contributed by atoms with Crippen LogP contribution in [0.5, 0.6) is 0 Å². The van der Waals surface area contributed by atoms with Crippen LogP contribution in [0.25, 0.3) is 0 Å². The molecule has 4 atom stereocenters. The SMILES string of the molecule is CC(C)n1nnc(CC(=O)N[C@H](C)[C@@H]2C[C@H]3CC[C@H]2C3)n1. The third-order valence-electron chi connectivity index (χ3n) is 5.07. The highest BCUT2D eigenvalue weighted by Gasteiger charge is 2.42. The van der Waals surface area contributed by atoms with E-state index in [0.29, 0.717) is 11.7 Å². The van der Waals surface area contributed by atoms with Gasteiger partial charge in [-0.2, -0.15) is 4.80 Å². The summed E-state index contributed by atoms with van der Waals surface area (Å²) < 4.78 is 0. The molecule has 2 aliphatic rings. The van der Waals surface area contributed by atoms with Crippen LogP contribution in [0.15, 0.2) is 0 Å². The molecule has 2 bridgehead atoms. The van der Waals surface area contributed by atoms with Crippen LogP contribution in [0, 0.1) is 17.8 Å². The van der Waals surface area contributed by atoms with Gasteiger partial charge in [-0.15, -0.1) is 10.2 Å². The van der Waals surface area contributed by atoms with Gasteiger partial charge in [-0.1, -0.05) is 6.42 Å². The average molecular weight is 291 g/mol. The Hall–Kier alpha value is -1.46. The second-order valence-electron chi connectivity index (χ2n) is 6.99. The summed E-state index contributed by atoms with van der Waals surface area (Å²) >= 11 is 0. The molecule has 116 valence electrons. The van der Waals surface area contributed by atoms with Gasteiger partial charge in [0.25, 0.3) is 0 Å². The van der Waals surface area contributed by atoms with Gasteiger partial charge in [0.2, 0.25) is 5.91 Å². The summed E-state index contributed by atoms with van der Waals surface area (Å²) in [4.78, 5) is 13.7. The van der Waals surface area contributed by atoms with Gasteiger partial charge >= 0.3 is 0 Å². The smallest absolute Gasteiger partial charge is 0.228 e. The highest BCUT2D eigenvalue weighted by atomic mass is 16.1. The summed E-state index contributed by atoms with van der Waals surface area (Å²) in [5, 5.41) is 15.3. The van der Waals surface area contributed by atoms with E-state index in [-0.39, 0.29) is 24.4 Å². The molecule has 0 radical (unpaired) electrons. The number of hydrogen-bond acceptors (Lipinski definition) is 4. The van der Waals surface area contributed by atoms with Crippen molar-refractivity contribution in [1.82, 2.24) is 25.5 Å². The van der Waals surface area contributed by atoms with Crippen LogP contribution < -0.4 is 5.32 Å². The molecule has 1 N–H and O–H groups in total. The number of rotatable bonds is 5. The lowest BCUT2D eigenvalue weighted by molar-refractivity contribution is -0.121. The lowest BCUT2D eigenvalue weighted by atomic mass is 9.84. The molecule has 2 saturated carbocycles. The van der Waals surface area contributed by atoms with Crippen molar-refractivity contribution >= 4 is 5.91 Å². The number of hydrogen-bond donors (Lipinski definition) is 1. The van der Waals surface area contributed by atoms with E-state index in [1.807, 2.05) is 13.8 Å². The molecule has 0 unspecified atom stereocenters. The molecule has 0 saturated heterocycles. The van der Waals surface area contributed by atoms with E-state index < -0.39 is 0 Å². The predicted molar refractivity (Wildman–Crippen MR) is 78.4 cm³/mol. The van der Waals surface area contributed by atoms with Crippen molar-refractivity contribution in [2.24, 2.45) is 17.8 Å². The van der Waals surface area contributed by atoms with E-state index >= 15 is 0 Å². The second-order valence-corrected chi connectivity index (χ2v) is 6.99. The Labute approximate surface area is 125 Å². The monoisotopic (exact) mass is 291 g/mol. The Kier molecular flexibility index (Phi) is 3.95. The largest absolute Gasteiger partial charge is 0.353 e. The van der Waals surface area contributed by atoms with Crippen LogP contribution in [-0.2, 0) is 11.2 Å². The summed E-state index contributed by atoms with van der Waals surface area (Å²) in [7, 11) is 0. The first kappa shape index (κ1) is 14.5. The zero-order valence-corrected chi connectivity index (χ0v) is 13.1. The fourth-order valence-corrected chi connectivity index (χ4v) is 4.01. The van der Waals surface area contributed by atoms with Crippen molar-refractivity contribution in [2.45, 2.75) is 65.0 Å². The number of fused-ring (bicyclic) bond motifs is 2. The van der Waals surface area contributed by atoms with E-state index in [9.17, 15) is 4.79 Å². The molecule has 3 rings (SSSR count). The molecular weight excluding hydrogens is 266 g/mol. The Bertz CT molecular complexity index is 512. The maximum atomic E-state index is 12.1. The van der Waals surface area contributed by atoms with Crippen LogP contribution >= 0.6 is 0 Å². The summed E-state index contributed by atoms with van der Waals surface area (Å²) in [5.41, 5.74) is 0. The molecule has 2 aliphatic carbocycles. The van der Waals surface area contributed by atoms with Crippen molar-refractivity contribution < 1.29 is 4.79 Å². The third-order valence-corrected chi connectivity index (χ3v) is 5.07. The summed E-state index contributed by atoms with van der Waals surface area (Å²) in [6.07, 6.45) is 5.62. The van der Waals surface area contributed by atoms with E-state index in [1.54, 1.807) is 4.80 Å². The van der Waals surface area contributed by atoms with E-state index in [1.165, 1.54) is 25.7 Å². The maximum Gasteiger partial charge on any atom is 0.228 e. The lowest BCUT2D eigenvalue weighted by Gasteiger charge is -2.28. The number of carbonyl (C=O) groups is 1.